The van der Waals surface area contributed by atoms with Crippen molar-refractivity contribution in [3.8, 4) is 0 Å². The second-order valence-corrected chi connectivity index (χ2v) is 7.40. The lowest BCUT2D eigenvalue weighted by Crippen LogP contribution is -2.24. The highest BCUT2D eigenvalue weighted by Crippen LogP contribution is 2.32. The first-order chi connectivity index (χ1) is 7.79. The average molecular weight is 318 g/mol. The monoisotopic (exact) mass is 316 g/mol. The van der Waals surface area contributed by atoms with Gasteiger partial charge in [-0.1, -0.05) is 36.2 Å². The lowest BCUT2D eigenvalue weighted by atomic mass is 10.1. The summed E-state index contributed by atoms with van der Waals surface area (Å²) in [6.45, 7) is 1.46. The van der Waals surface area contributed by atoms with Crippen LogP contribution in [0.4, 0.5) is 0 Å². The molecule has 1 aromatic rings. The number of rotatable bonds is 4. The molecule has 1 aromatic carbocycles. The van der Waals surface area contributed by atoms with Gasteiger partial charge in [0.15, 0.2) is 14.5 Å². The Balaban J connectivity index is 3.09. The molecule has 3 nitrogen and oxygen atoms in total. The highest BCUT2D eigenvalue weighted by atomic mass is 35.5. The molecule has 0 radical (unpaired) electrons. The van der Waals surface area contributed by atoms with Crippen molar-refractivity contribution in [2.24, 2.45) is 0 Å². The average Bonchev–Trinajstić information content (AvgIpc) is 2.27. The molecule has 0 saturated carbocycles. The lowest BCUT2D eigenvalue weighted by molar-refractivity contribution is 0.192. The fraction of sp³-hybridized carbons (Fsp3) is 0.400. The SMILES string of the molecule is CCS(=O)(=O)[C@H](Cl)[C@@H](O)c1ccc(Cl)cc1Cl. The van der Waals surface area contributed by atoms with Gasteiger partial charge in [-0.05, 0) is 12.1 Å². The molecule has 7 heteroatoms. The molecule has 0 unspecified atom stereocenters. The van der Waals surface area contributed by atoms with E-state index in [0.717, 1.165) is 0 Å². The van der Waals surface area contributed by atoms with Gasteiger partial charge in [0.2, 0.25) is 0 Å². The number of aliphatic hydroxyl groups excluding tert-OH is 1. The van der Waals surface area contributed by atoms with E-state index in [0.29, 0.717) is 5.02 Å². The van der Waals surface area contributed by atoms with E-state index in [4.69, 9.17) is 34.8 Å². The molecule has 0 spiro atoms. The van der Waals surface area contributed by atoms with E-state index in [-0.39, 0.29) is 16.3 Å². The maximum absolute atomic E-state index is 11.5. The van der Waals surface area contributed by atoms with Crippen molar-refractivity contribution in [3.63, 3.8) is 0 Å². The number of aliphatic hydroxyl groups is 1. The Morgan fingerprint density at radius 1 is 1.35 bits per heavy atom. The molecule has 0 fully saturated rings. The molecular weight excluding hydrogens is 307 g/mol. The smallest absolute Gasteiger partial charge is 0.169 e. The minimum atomic E-state index is -3.55. The molecule has 96 valence electrons. The summed E-state index contributed by atoms with van der Waals surface area (Å²) in [6.07, 6.45) is -1.38. The van der Waals surface area contributed by atoms with E-state index in [2.05, 4.69) is 0 Å². The predicted molar refractivity (Wildman–Crippen MR) is 70.5 cm³/mol. The summed E-state index contributed by atoms with van der Waals surface area (Å²) in [5.41, 5.74) is 0.244. The summed E-state index contributed by atoms with van der Waals surface area (Å²) in [6, 6.07) is 4.38. The minimum absolute atomic E-state index is 0.149. The second-order valence-electron chi connectivity index (χ2n) is 3.41. The normalized spacial score (nSPS) is 15.6. The fourth-order valence-corrected chi connectivity index (χ4v) is 3.13. The highest BCUT2D eigenvalue weighted by Gasteiger charge is 2.31. The molecule has 0 aromatic heterocycles. The van der Waals surface area contributed by atoms with Crippen LogP contribution in [-0.4, -0.2) is 24.0 Å². The van der Waals surface area contributed by atoms with Crippen LogP contribution in [0.15, 0.2) is 18.2 Å². The first-order valence-electron chi connectivity index (χ1n) is 4.78. The van der Waals surface area contributed by atoms with Crippen molar-refractivity contribution in [2.75, 3.05) is 5.75 Å². The third kappa shape index (κ3) is 3.48. The standard InChI is InChI=1S/C10H11Cl3O3S/c1-2-17(15,16)10(13)9(14)7-4-3-6(11)5-8(7)12/h3-5,9-10,14H,2H2,1H3/t9-,10-/m0/s1. The van der Waals surface area contributed by atoms with Gasteiger partial charge >= 0.3 is 0 Å². The van der Waals surface area contributed by atoms with Gasteiger partial charge in [0, 0.05) is 21.4 Å². The molecule has 17 heavy (non-hydrogen) atoms. The van der Waals surface area contributed by atoms with E-state index in [9.17, 15) is 13.5 Å². The topological polar surface area (TPSA) is 54.4 Å². The zero-order chi connectivity index (χ0) is 13.2. The zero-order valence-corrected chi connectivity index (χ0v) is 12.0. The van der Waals surface area contributed by atoms with Crippen molar-refractivity contribution >= 4 is 44.6 Å². The molecule has 0 amide bonds. The van der Waals surface area contributed by atoms with Gasteiger partial charge in [-0.2, -0.15) is 0 Å². The summed E-state index contributed by atoms with van der Waals surface area (Å²) < 4.78 is 21.6. The van der Waals surface area contributed by atoms with Gasteiger partial charge in [-0.15, -0.1) is 11.6 Å². The Labute approximate surface area is 115 Å². The number of halogens is 3. The molecule has 0 saturated heterocycles. The summed E-state index contributed by atoms with van der Waals surface area (Å²) >= 11 is 17.3. The predicted octanol–water partition coefficient (Wildman–Crippen LogP) is 3.03. The summed E-state index contributed by atoms with van der Waals surface area (Å²) in [7, 11) is -3.55. The number of benzene rings is 1. The molecule has 2 atom stereocenters. The number of hydrogen-bond donors (Lipinski definition) is 1. The van der Waals surface area contributed by atoms with Gasteiger partial charge < -0.3 is 5.11 Å². The summed E-state index contributed by atoms with van der Waals surface area (Å²) in [4.78, 5) is 0. The number of alkyl halides is 1. The Bertz CT molecular complexity index is 502. The van der Waals surface area contributed by atoms with Crippen LogP contribution in [0.3, 0.4) is 0 Å². The van der Waals surface area contributed by atoms with Crippen molar-refractivity contribution in [2.45, 2.75) is 17.7 Å². The highest BCUT2D eigenvalue weighted by molar-refractivity contribution is 7.93. The molecule has 0 aliphatic heterocycles. The molecule has 1 rings (SSSR count). The van der Waals surface area contributed by atoms with Crippen LogP contribution in [0, 0.1) is 0 Å². The van der Waals surface area contributed by atoms with Crippen LogP contribution >= 0.6 is 34.8 Å². The maximum atomic E-state index is 11.5. The molecular formula is C10H11Cl3O3S. The van der Waals surface area contributed by atoms with Crippen LogP contribution in [0.5, 0.6) is 0 Å². The van der Waals surface area contributed by atoms with Crippen LogP contribution in [0.25, 0.3) is 0 Å². The Morgan fingerprint density at radius 3 is 2.41 bits per heavy atom. The van der Waals surface area contributed by atoms with Crippen molar-refractivity contribution < 1.29 is 13.5 Å². The third-order valence-corrected chi connectivity index (χ3v) is 5.64. The van der Waals surface area contributed by atoms with Crippen LogP contribution in [0.2, 0.25) is 10.0 Å². The van der Waals surface area contributed by atoms with Crippen molar-refractivity contribution in [1.29, 1.82) is 0 Å². The first kappa shape index (κ1) is 15.1. The maximum Gasteiger partial charge on any atom is 0.169 e. The van der Waals surface area contributed by atoms with Gasteiger partial charge in [-0.3, -0.25) is 0 Å². The molecule has 1 N–H and O–H groups in total. The summed E-state index contributed by atoms with van der Waals surface area (Å²) in [5, 5.41) is 10.5. The van der Waals surface area contributed by atoms with E-state index >= 15 is 0 Å². The number of sulfone groups is 1. The largest absolute Gasteiger partial charge is 0.386 e. The lowest BCUT2D eigenvalue weighted by Gasteiger charge is -2.18. The van der Waals surface area contributed by atoms with E-state index < -0.39 is 20.7 Å². The minimum Gasteiger partial charge on any atom is -0.386 e. The van der Waals surface area contributed by atoms with Crippen molar-refractivity contribution in [3.05, 3.63) is 33.8 Å². The molecule has 0 bridgehead atoms. The fourth-order valence-electron chi connectivity index (χ4n) is 1.24. The van der Waals surface area contributed by atoms with Crippen molar-refractivity contribution in [1.82, 2.24) is 0 Å². The third-order valence-electron chi connectivity index (χ3n) is 2.27. The van der Waals surface area contributed by atoms with Gasteiger partial charge in [0.1, 0.15) is 6.10 Å². The quantitative estimate of drug-likeness (QED) is 0.869. The molecule has 0 aliphatic rings. The van der Waals surface area contributed by atoms with E-state index in [1.165, 1.54) is 25.1 Å². The Kier molecular flexibility index (Phi) is 5.10. The van der Waals surface area contributed by atoms with E-state index in [1.54, 1.807) is 0 Å². The summed E-state index contributed by atoms with van der Waals surface area (Å²) in [5.74, 6) is -0.149. The van der Waals surface area contributed by atoms with Gasteiger partial charge in [0.25, 0.3) is 0 Å². The Hall–Kier alpha value is -0.000000000000000111. The van der Waals surface area contributed by atoms with E-state index in [1.807, 2.05) is 0 Å². The van der Waals surface area contributed by atoms with Crippen LogP contribution in [-0.2, 0) is 9.84 Å². The molecule has 0 heterocycles. The first-order valence-corrected chi connectivity index (χ1v) is 7.69. The second kappa shape index (κ2) is 5.76. The molecule has 0 aliphatic carbocycles. The number of hydrogen-bond acceptors (Lipinski definition) is 3. The van der Waals surface area contributed by atoms with Crippen LogP contribution in [0.1, 0.15) is 18.6 Å². The van der Waals surface area contributed by atoms with Crippen LogP contribution < -0.4 is 0 Å². The van der Waals surface area contributed by atoms with Gasteiger partial charge in [0.05, 0.1) is 0 Å². The zero-order valence-electron chi connectivity index (χ0n) is 8.90. The Morgan fingerprint density at radius 2 is 1.94 bits per heavy atom. The van der Waals surface area contributed by atoms with Gasteiger partial charge in [-0.25, -0.2) is 8.42 Å².